The molecule has 0 amide bonds. The Kier molecular flexibility index (Phi) is 4.65. The summed E-state index contributed by atoms with van der Waals surface area (Å²) >= 11 is 8.83. The quantitative estimate of drug-likeness (QED) is 0.637. The third-order valence-corrected chi connectivity index (χ3v) is 4.85. The maximum atomic E-state index is 5.31. The van der Waals surface area contributed by atoms with Crippen molar-refractivity contribution in [3.8, 4) is 0 Å². The Morgan fingerprint density at radius 1 is 1.29 bits per heavy atom. The van der Waals surface area contributed by atoms with Crippen LogP contribution in [-0.4, -0.2) is 21.1 Å². The van der Waals surface area contributed by atoms with Crippen LogP contribution in [0.1, 0.15) is 49.4 Å². The van der Waals surface area contributed by atoms with E-state index in [4.69, 9.17) is 12.2 Å². The highest BCUT2D eigenvalue weighted by Crippen LogP contribution is 2.31. The van der Waals surface area contributed by atoms with Gasteiger partial charge in [0.25, 0.3) is 0 Å². The fraction of sp³-hybridized carbons (Fsp3) is 0.400. The fourth-order valence-corrected chi connectivity index (χ4v) is 3.31. The van der Waals surface area contributed by atoms with Crippen LogP contribution in [0.5, 0.6) is 0 Å². The van der Waals surface area contributed by atoms with E-state index in [1.54, 1.807) is 4.68 Å². The van der Waals surface area contributed by atoms with Gasteiger partial charge < -0.3 is 0 Å². The summed E-state index contributed by atoms with van der Waals surface area (Å²) in [5, 5.41) is 11.8. The lowest BCUT2D eigenvalue weighted by atomic mass is 9.89. The molecule has 0 bridgehead atoms. The van der Waals surface area contributed by atoms with E-state index in [1.165, 1.54) is 32.1 Å². The van der Waals surface area contributed by atoms with Gasteiger partial charge in [0, 0.05) is 16.0 Å². The molecule has 1 heterocycles. The van der Waals surface area contributed by atoms with Gasteiger partial charge in [0.1, 0.15) is 0 Å². The molecule has 0 saturated heterocycles. The Bertz CT molecular complexity index is 698. The summed E-state index contributed by atoms with van der Waals surface area (Å²) in [6.07, 6.45) is 8.01. The van der Waals surface area contributed by atoms with E-state index in [9.17, 15) is 0 Å². The number of halogens is 1. The van der Waals surface area contributed by atoms with Crippen molar-refractivity contribution in [3.05, 3.63) is 44.9 Å². The second-order valence-electron chi connectivity index (χ2n) is 5.30. The molecule has 1 aromatic heterocycles. The van der Waals surface area contributed by atoms with Crippen LogP contribution in [0.2, 0.25) is 0 Å². The second kappa shape index (κ2) is 6.66. The summed E-state index contributed by atoms with van der Waals surface area (Å²) in [6.45, 7) is 0. The molecule has 1 N–H and O–H groups in total. The first-order valence-electron chi connectivity index (χ1n) is 7.22. The number of hydrogen-bond donors (Lipinski definition) is 1. The van der Waals surface area contributed by atoms with Crippen molar-refractivity contribution >= 4 is 34.4 Å². The SMILES string of the molecule is S=c1[nH]nc(C2CCCCC2)n1/N=C\c1ccccc1Br. The number of nitrogens with zero attached hydrogens (tertiary/aromatic N) is 3. The minimum atomic E-state index is 0.461. The summed E-state index contributed by atoms with van der Waals surface area (Å²) in [6, 6.07) is 7.98. The highest BCUT2D eigenvalue weighted by atomic mass is 79.9. The van der Waals surface area contributed by atoms with Crippen LogP contribution < -0.4 is 0 Å². The van der Waals surface area contributed by atoms with Crippen LogP contribution in [0.3, 0.4) is 0 Å². The van der Waals surface area contributed by atoms with Crippen molar-refractivity contribution < 1.29 is 0 Å². The molecule has 2 aromatic rings. The van der Waals surface area contributed by atoms with Gasteiger partial charge in [0.15, 0.2) is 5.82 Å². The molecule has 1 aliphatic rings. The number of benzene rings is 1. The largest absolute Gasteiger partial charge is 0.250 e. The zero-order valence-corrected chi connectivity index (χ0v) is 14.0. The summed E-state index contributed by atoms with van der Waals surface area (Å²) in [5.74, 6) is 1.42. The molecule has 110 valence electrons. The maximum absolute atomic E-state index is 5.31. The molecule has 6 heteroatoms. The van der Waals surface area contributed by atoms with Gasteiger partial charge in [0.2, 0.25) is 4.77 Å². The van der Waals surface area contributed by atoms with Gasteiger partial charge in [0.05, 0.1) is 6.21 Å². The number of rotatable bonds is 3. The summed E-state index contributed by atoms with van der Waals surface area (Å²) in [7, 11) is 0. The predicted octanol–water partition coefficient (Wildman–Crippen LogP) is 4.63. The smallest absolute Gasteiger partial charge is 0.216 e. The maximum Gasteiger partial charge on any atom is 0.216 e. The molecule has 0 aliphatic heterocycles. The van der Waals surface area contributed by atoms with Crippen molar-refractivity contribution in [1.29, 1.82) is 0 Å². The monoisotopic (exact) mass is 364 g/mol. The van der Waals surface area contributed by atoms with Crippen LogP contribution in [0.15, 0.2) is 33.8 Å². The molecule has 21 heavy (non-hydrogen) atoms. The number of aromatic amines is 1. The van der Waals surface area contributed by atoms with E-state index in [2.05, 4.69) is 31.2 Å². The van der Waals surface area contributed by atoms with Crippen molar-refractivity contribution in [1.82, 2.24) is 14.9 Å². The third kappa shape index (κ3) is 3.32. The lowest BCUT2D eigenvalue weighted by molar-refractivity contribution is 0.419. The molecular formula is C15H17BrN4S. The van der Waals surface area contributed by atoms with E-state index < -0.39 is 0 Å². The predicted molar refractivity (Wildman–Crippen MR) is 90.4 cm³/mol. The Morgan fingerprint density at radius 2 is 2.05 bits per heavy atom. The van der Waals surface area contributed by atoms with Crippen molar-refractivity contribution in [2.75, 3.05) is 0 Å². The Labute approximate surface area is 137 Å². The van der Waals surface area contributed by atoms with Gasteiger partial charge in [-0.15, -0.1) is 0 Å². The van der Waals surface area contributed by atoms with Gasteiger partial charge in [-0.3, -0.25) is 5.10 Å². The number of aromatic nitrogens is 3. The summed E-state index contributed by atoms with van der Waals surface area (Å²) in [4.78, 5) is 0. The van der Waals surface area contributed by atoms with E-state index >= 15 is 0 Å². The number of hydrogen-bond acceptors (Lipinski definition) is 3. The normalized spacial score (nSPS) is 16.6. The molecule has 3 rings (SSSR count). The Balaban J connectivity index is 1.90. The molecule has 1 aliphatic carbocycles. The Hall–Kier alpha value is -1.27. The first-order valence-corrected chi connectivity index (χ1v) is 8.42. The van der Waals surface area contributed by atoms with Crippen LogP contribution in [0.25, 0.3) is 0 Å². The van der Waals surface area contributed by atoms with Gasteiger partial charge in [-0.05, 0) is 31.1 Å². The van der Waals surface area contributed by atoms with E-state index in [-0.39, 0.29) is 0 Å². The van der Waals surface area contributed by atoms with Crippen LogP contribution in [0.4, 0.5) is 0 Å². The molecular weight excluding hydrogens is 348 g/mol. The minimum Gasteiger partial charge on any atom is -0.250 e. The van der Waals surface area contributed by atoms with Crippen molar-refractivity contribution in [2.45, 2.75) is 38.0 Å². The van der Waals surface area contributed by atoms with Crippen LogP contribution in [-0.2, 0) is 0 Å². The molecule has 0 radical (unpaired) electrons. The fourth-order valence-electron chi connectivity index (χ4n) is 2.74. The van der Waals surface area contributed by atoms with Gasteiger partial charge in [-0.1, -0.05) is 53.4 Å². The standard InChI is InChI=1S/C15H17BrN4S/c16-13-9-5-4-8-12(13)10-17-20-14(18-19-15(20)21)11-6-2-1-3-7-11/h4-5,8-11H,1-3,6-7H2,(H,19,21)/b17-10-. The zero-order chi connectivity index (χ0) is 14.7. The van der Waals surface area contributed by atoms with Crippen LogP contribution in [0, 0.1) is 4.77 Å². The molecule has 0 atom stereocenters. The van der Waals surface area contributed by atoms with Gasteiger partial charge in [-0.25, -0.2) is 0 Å². The third-order valence-electron chi connectivity index (χ3n) is 3.86. The van der Waals surface area contributed by atoms with E-state index in [0.717, 1.165) is 15.9 Å². The van der Waals surface area contributed by atoms with Crippen molar-refractivity contribution in [2.24, 2.45) is 5.10 Å². The first-order chi connectivity index (χ1) is 10.3. The first kappa shape index (κ1) is 14.7. The molecule has 0 unspecified atom stereocenters. The van der Waals surface area contributed by atoms with Gasteiger partial charge in [-0.2, -0.15) is 14.9 Å². The highest BCUT2D eigenvalue weighted by Gasteiger charge is 2.21. The average molecular weight is 365 g/mol. The topological polar surface area (TPSA) is 46.0 Å². The number of H-pyrrole nitrogens is 1. The molecule has 0 spiro atoms. The lowest BCUT2D eigenvalue weighted by Gasteiger charge is -2.19. The lowest BCUT2D eigenvalue weighted by Crippen LogP contribution is -2.10. The molecule has 1 fully saturated rings. The van der Waals surface area contributed by atoms with E-state index in [1.807, 2.05) is 30.5 Å². The second-order valence-corrected chi connectivity index (χ2v) is 6.54. The van der Waals surface area contributed by atoms with Gasteiger partial charge >= 0.3 is 0 Å². The van der Waals surface area contributed by atoms with E-state index in [0.29, 0.717) is 10.7 Å². The summed E-state index contributed by atoms with van der Waals surface area (Å²) < 4.78 is 3.34. The minimum absolute atomic E-state index is 0.461. The molecule has 4 nitrogen and oxygen atoms in total. The molecule has 1 saturated carbocycles. The molecule has 1 aromatic carbocycles. The zero-order valence-electron chi connectivity index (χ0n) is 11.6. The van der Waals surface area contributed by atoms with Crippen molar-refractivity contribution in [3.63, 3.8) is 0 Å². The Morgan fingerprint density at radius 3 is 2.81 bits per heavy atom. The number of nitrogens with one attached hydrogen (secondary N) is 1. The summed E-state index contributed by atoms with van der Waals surface area (Å²) in [5.41, 5.74) is 1.02. The highest BCUT2D eigenvalue weighted by molar-refractivity contribution is 9.10. The average Bonchev–Trinajstić information content (AvgIpc) is 2.88. The van der Waals surface area contributed by atoms with Crippen LogP contribution >= 0.6 is 28.1 Å².